The van der Waals surface area contributed by atoms with Crippen LogP contribution in [-0.2, 0) is 16.4 Å². The number of fused-ring (bicyclic) bond motifs is 1. The molecule has 0 saturated heterocycles. The van der Waals surface area contributed by atoms with E-state index in [9.17, 15) is 18.1 Å². The number of nitrogens with one attached hydrogen (secondary N) is 1. The van der Waals surface area contributed by atoms with Crippen molar-refractivity contribution in [3.05, 3.63) is 82.8 Å². The number of nitroso groups, excluding NO2 is 1. The van der Waals surface area contributed by atoms with Crippen LogP contribution in [0.3, 0.4) is 0 Å². The minimum atomic E-state index is -3.88. The number of ether oxygens (including phenoxy) is 1. The summed E-state index contributed by atoms with van der Waals surface area (Å²) in [4.78, 5) is 23.7. The van der Waals surface area contributed by atoms with E-state index in [-0.39, 0.29) is 27.9 Å². The molecule has 32 heavy (non-hydrogen) atoms. The van der Waals surface area contributed by atoms with Crippen LogP contribution in [0, 0.1) is 4.91 Å². The molecule has 8 nitrogen and oxygen atoms in total. The molecule has 1 unspecified atom stereocenters. The van der Waals surface area contributed by atoms with Crippen LogP contribution in [-0.4, -0.2) is 27.5 Å². The molecular weight excluding hydrogens is 430 g/mol. The summed E-state index contributed by atoms with van der Waals surface area (Å²) in [6.07, 6.45) is 0.622. The van der Waals surface area contributed by atoms with E-state index in [0.29, 0.717) is 17.9 Å². The summed E-state index contributed by atoms with van der Waals surface area (Å²) in [6, 6.07) is 17.4. The van der Waals surface area contributed by atoms with Gasteiger partial charge in [-0.2, -0.15) is 0 Å². The molecule has 0 bridgehead atoms. The number of benzene rings is 3. The topological polar surface area (TPSA) is 105 Å². The highest BCUT2D eigenvalue weighted by Gasteiger charge is 2.36. The molecule has 0 radical (unpaired) electrons. The lowest BCUT2D eigenvalue weighted by Gasteiger charge is -2.24. The average molecular weight is 452 g/mol. The van der Waals surface area contributed by atoms with E-state index >= 15 is 0 Å². The van der Waals surface area contributed by atoms with E-state index in [1.54, 1.807) is 12.1 Å². The van der Waals surface area contributed by atoms with Crippen LogP contribution >= 0.6 is 0 Å². The highest BCUT2D eigenvalue weighted by molar-refractivity contribution is 7.92. The molecule has 1 aliphatic heterocycles. The highest BCUT2D eigenvalue weighted by Crippen LogP contribution is 2.36. The highest BCUT2D eigenvalue weighted by atomic mass is 32.2. The molecule has 9 heteroatoms. The number of nitrogens with zero attached hydrogens (tertiary/aromatic N) is 2. The minimum Gasteiger partial charge on any atom is -0.495 e. The van der Waals surface area contributed by atoms with Gasteiger partial charge in [0.15, 0.2) is 0 Å². The summed E-state index contributed by atoms with van der Waals surface area (Å²) in [5.41, 5.74) is 2.15. The average Bonchev–Trinajstić information content (AvgIpc) is 3.15. The molecule has 3 aromatic carbocycles. The van der Waals surface area contributed by atoms with Crippen LogP contribution in [0.2, 0.25) is 0 Å². The van der Waals surface area contributed by atoms with E-state index in [2.05, 4.69) is 10.5 Å². The van der Waals surface area contributed by atoms with E-state index in [1.165, 1.54) is 53.9 Å². The van der Waals surface area contributed by atoms with Crippen LogP contribution in [0.5, 0.6) is 5.75 Å². The molecule has 0 aliphatic carbocycles. The molecule has 164 valence electrons. The van der Waals surface area contributed by atoms with E-state index in [0.717, 1.165) is 5.56 Å². The van der Waals surface area contributed by atoms with Crippen LogP contribution in [0.1, 0.15) is 22.8 Å². The van der Waals surface area contributed by atoms with Gasteiger partial charge in [0.25, 0.3) is 15.9 Å². The number of carbonyl (C=O) groups is 1. The standard InChI is InChI=1S/C23H21N3O5S/c1-15-12-16-6-3-4-9-21(16)26(15)32(29,30)19-8-5-7-17(13-19)23(27)24-20-14-18(25-28)10-11-22(20)31-2/h3-11,13-15H,12H2,1-2H3,(H,24,27). The van der Waals surface area contributed by atoms with Gasteiger partial charge in [-0.25, -0.2) is 8.42 Å². The summed E-state index contributed by atoms with van der Waals surface area (Å²) in [7, 11) is -2.45. The monoisotopic (exact) mass is 451 g/mol. The normalized spacial score (nSPS) is 15.2. The van der Waals surface area contributed by atoms with Gasteiger partial charge in [-0.05, 0) is 66.5 Å². The smallest absolute Gasteiger partial charge is 0.264 e. The predicted molar refractivity (Wildman–Crippen MR) is 122 cm³/mol. The lowest BCUT2D eigenvalue weighted by molar-refractivity contribution is 0.102. The van der Waals surface area contributed by atoms with Gasteiger partial charge in [0, 0.05) is 11.6 Å². The van der Waals surface area contributed by atoms with Crippen molar-refractivity contribution >= 4 is 33.0 Å². The van der Waals surface area contributed by atoms with Gasteiger partial charge in [0.05, 0.1) is 23.4 Å². The number of carbonyl (C=O) groups excluding carboxylic acids is 1. The molecule has 4 rings (SSSR count). The molecule has 1 N–H and O–H groups in total. The number of anilines is 2. The van der Waals surface area contributed by atoms with E-state index in [1.807, 2.05) is 19.1 Å². The van der Waals surface area contributed by atoms with Crippen LogP contribution < -0.4 is 14.4 Å². The SMILES string of the molecule is COc1ccc(N=O)cc1NC(=O)c1cccc(S(=O)(=O)N2c3ccccc3CC2C)c1. The Morgan fingerprint density at radius 1 is 1.09 bits per heavy atom. The zero-order chi connectivity index (χ0) is 22.9. The first kappa shape index (κ1) is 21.5. The number of hydrogen-bond acceptors (Lipinski definition) is 6. The number of hydrogen-bond donors (Lipinski definition) is 1. The number of sulfonamides is 1. The van der Waals surface area contributed by atoms with Gasteiger partial charge in [0.2, 0.25) is 0 Å². The van der Waals surface area contributed by atoms with Crippen molar-refractivity contribution in [3.8, 4) is 5.75 Å². The Morgan fingerprint density at radius 3 is 2.62 bits per heavy atom. The van der Waals surface area contributed by atoms with E-state index in [4.69, 9.17) is 4.74 Å². The first-order valence-electron chi connectivity index (χ1n) is 9.90. The fraction of sp³-hybridized carbons (Fsp3) is 0.174. The van der Waals surface area contributed by atoms with Gasteiger partial charge in [-0.3, -0.25) is 9.10 Å². The maximum Gasteiger partial charge on any atom is 0.264 e. The third kappa shape index (κ3) is 3.82. The third-order valence-electron chi connectivity index (χ3n) is 5.33. The zero-order valence-electron chi connectivity index (χ0n) is 17.5. The molecule has 0 spiro atoms. The Kier molecular flexibility index (Phi) is 5.67. The van der Waals surface area contributed by atoms with Crippen LogP contribution in [0.4, 0.5) is 17.1 Å². The summed E-state index contributed by atoms with van der Waals surface area (Å²) < 4.78 is 33.5. The van der Waals surface area contributed by atoms with Crippen molar-refractivity contribution in [1.29, 1.82) is 0 Å². The van der Waals surface area contributed by atoms with Crippen molar-refractivity contribution < 1.29 is 17.9 Å². The third-order valence-corrected chi connectivity index (χ3v) is 7.26. The molecule has 1 atom stereocenters. The minimum absolute atomic E-state index is 0.0176. The second-order valence-electron chi connectivity index (χ2n) is 7.44. The maximum atomic E-state index is 13.5. The van der Waals surface area contributed by atoms with Gasteiger partial charge < -0.3 is 10.1 Å². The van der Waals surface area contributed by atoms with Crippen LogP contribution in [0.25, 0.3) is 0 Å². The number of para-hydroxylation sites is 1. The Hall–Kier alpha value is -3.72. The van der Waals surface area contributed by atoms with Gasteiger partial charge in [-0.1, -0.05) is 24.3 Å². The molecule has 1 aliphatic rings. The van der Waals surface area contributed by atoms with Crippen molar-refractivity contribution in [2.45, 2.75) is 24.3 Å². The molecule has 0 fully saturated rings. The predicted octanol–water partition coefficient (Wildman–Crippen LogP) is 4.49. The maximum absolute atomic E-state index is 13.5. The summed E-state index contributed by atoms with van der Waals surface area (Å²) in [5.74, 6) is -0.199. The second kappa shape index (κ2) is 8.43. The van der Waals surface area contributed by atoms with Crippen molar-refractivity contribution in [1.82, 2.24) is 0 Å². The molecule has 3 aromatic rings. The first-order valence-corrected chi connectivity index (χ1v) is 11.3. The molecular formula is C23H21N3O5S. The van der Waals surface area contributed by atoms with E-state index < -0.39 is 15.9 Å². The summed E-state index contributed by atoms with van der Waals surface area (Å²) >= 11 is 0. The number of methoxy groups -OCH3 is 1. The van der Waals surface area contributed by atoms with Gasteiger partial charge >= 0.3 is 0 Å². The number of rotatable bonds is 6. The van der Waals surface area contributed by atoms with Gasteiger partial charge in [0.1, 0.15) is 11.4 Å². The molecule has 1 heterocycles. The largest absolute Gasteiger partial charge is 0.495 e. The Bertz CT molecular complexity index is 1310. The molecule has 0 saturated carbocycles. The lowest BCUT2D eigenvalue weighted by atomic mass is 10.1. The first-order chi connectivity index (χ1) is 15.3. The van der Waals surface area contributed by atoms with Crippen molar-refractivity contribution in [3.63, 3.8) is 0 Å². The van der Waals surface area contributed by atoms with Crippen molar-refractivity contribution in [2.75, 3.05) is 16.7 Å². The Balaban J connectivity index is 1.66. The zero-order valence-corrected chi connectivity index (χ0v) is 18.3. The number of amides is 1. The Labute approximate surface area is 185 Å². The molecule has 0 aromatic heterocycles. The van der Waals surface area contributed by atoms with Crippen molar-refractivity contribution in [2.24, 2.45) is 5.18 Å². The summed E-state index contributed by atoms with van der Waals surface area (Å²) in [5, 5.41) is 5.51. The fourth-order valence-electron chi connectivity index (χ4n) is 3.86. The quantitative estimate of drug-likeness (QED) is 0.556. The van der Waals surface area contributed by atoms with Gasteiger partial charge in [-0.15, -0.1) is 4.91 Å². The Morgan fingerprint density at radius 2 is 1.88 bits per heavy atom. The second-order valence-corrected chi connectivity index (χ2v) is 9.26. The fourth-order valence-corrected chi connectivity index (χ4v) is 5.60. The lowest BCUT2D eigenvalue weighted by Crippen LogP contribution is -2.35. The molecule has 1 amide bonds. The van der Waals surface area contributed by atoms with Crippen LogP contribution in [0.15, 0.2) is 76.8 Å². The summed E-state index contributed by atoms with van der Waals surface area (Å²) in [6.45, 7) is 1.86.